The minimum absolute atomic E-state index is 0.386. The van der Waals surface area contributed by atoms with Crippen LogP contribution in [0.5, 0.6) is 0 Å². The minimum atomic E-state index is -0.386. The molecule has 9 heteroatoms. The second-order valence-electron chi connectivity index (χ2n) is 7.74. The van der Waals surface area contributed by atoms with Crippen molar-refractivity contribution in [1.29, 1.82) is 5.26 Å². The van der Waals surface area contributed by atoms with Crippen molar-refractivity contribution in [2.45, 2.75) is 6.42 Å². The fourth-order valence-electron chi connectivity index (χ4n) is 3.49. The van der Waals surface area contributed by atoms with Gasteiger partial charge in [-0.15, -0.1) is 11.3 Å². The Balaban J connectivity index is 1.57. The lowest BCUT2D eigenvalue weighted by Gasteiger charge is -2.11. The van der Waals surface area contributed by atoms with Crippen LogP contribution < -0.4 is 16.4 Å². The largest absolute Gasteiger partial charge is 0.383 e. The first-order chi connectivity index (χ1) is 15.9. The van der Waals surface area contributed by atoms with E-state index in [4.69, 9.17) is 11.0 Å². The summed E-state index contributed by atoms with van der Waals surface area (Å²) in [7, 11) is 4.09. The van der Waals surface area contributed by atoms with E-state index in [9.17, 15) is 4.79 Å². The number of hydrogen-bond donors (Lipinski definition) is 3. The molecule has 2 aromatic heterocycles. The summed E-state index contributed by atoms with van der Waals surface area (Å²) in [6.45, 7) is 0.903. The molecular weight excluding hydrogens is 434 g/mol. The molecule has 0 aliphatic heterocycles. The topological polar surface area (TPSA) is 120 Å². The van der Waals surface area contributed by atoms with Crippen LogP contribution in [0, 0.1) is 11.3 Å². The molecule has 0 saturated carbocycles. The first kappa shape index (κ1) is 22.2. The predicted octanol–water partition coefficient (Wildman–Crippen LogP) is 4.56. The van der Waals surface area contributed by atoms with E-state index in [-0.39, 0.29) is 6.03 Å². The summed E-state index contributed by atoms with van der Waals surface area (Å²) in [6.07, 6.45) is 2.36. The standard InChI is InChI=1S/C24H23N7OS/c1-31(2)11-10-19-20(21-22(26)27-14-28-23(21)33-19)16-6-8-17(9-7-16)29-24(32)30-18-5-3-4-15(12-18)13-25/h3-9,12,14H,10-11H2,1-2H3,(H2,26,27,28)(H2,29,30,32). The van der Waals surface area contributed by atoms with Gasteiger partial charge in [0.05, 0.1) is 17.0 Å². The predicted molar refractivity (Wildman–Crippen MR) is 133 cm³/mol. The Hall–Kier alpha value is -4.00. The molecule has 33 heavy (non-hydrogen) atoms. The fourth-order valence-corrected chi connectivity index (χ4v) is 4.65. The molecule has 0 bridgehead atoms. The van der Waals surface area contributed by atoms with Gasteiger partial charge in [-0.3, -0.25) is 0 Å². The van der Waals surface area contributed by atoms with Gasteiger partial charge in [0.25, 0.3) is 0 Å². The maximum atomic E-state index is 12.4. The van der Waals surface area contributed by atoms with Crippen molar-refractivity contribution in [3.8, 4) is 17.2 Å². The Labute approximate surface area is 195 Å². The number of likely N-dealkylation sites (N-methyl/N-ethyl adjacent to an activating group) is 1. The smallest absolute Gasteiger partial charge is 0.323 e. The highest BCUT2D eigenvalue weighted by Crippen LogP contribution is 2.40. The Morgan fingerprint density at radius 3 is 2.61 bits per heavy atom. The van der Waals surface area contributed by atoms with Gasteiger partial charge in [0.15, 0.2) is 0 Å². The number of nitrogens with one attached hydrogen (secondary N) is 2. The summed E-state index contributed by atoms with van der Waals surface area (Å²) >= 11 is 1.63. The summed E-state index contributed by atoms with van der Waals surface area (Å²) < 4.78 is 0. The summed E-state index contributed by atoms with van der Waals surface area (Å²) in [5.41, 5.74) is 9.92. The van der Waals surface area contributed by atoms with E-state index >= 15 is 0 Å². The molecule has 8 nitrogen and oxygen atoms in total. The van der Waals surface area contributed by atoms with Crippen molar-refractivity contribution in [2.75, 3.05) is 37.0 Å². The lowest BCUT2D eigenvalue weighted by Crippen LogP contribution is -2.19. The van der Waals surface area contributed by atoms with Crippen LogP contribution in [0.2, 0.25) is 0 Å². The van der Waals surface area contributed by atoms with Crippen LogP contribution >= 0.6 is 11.3 Å². The van der Waals surface area contributed by atoms with Crippen molar-refractivity contribution >= 4 is 44.8 Å². The summed E-state index contributed by atoms with van der Waals surface area (Å²) in [6, 6.07) is 16.0. The lowest BCUT2D eigenvalue weighted by molar-refractivity contribution is 0.262. The molecule has 0 aliphatic carbocycles. The average molecular weight is 458 g/mol. The third-order valence-electron chi connectivity index (χ3n) is 5.06. The second-order valence-corrected chi connectivity index (χ2v) is 8.83. The molecule has 0 atom stereocenters. The highest BCUT2D eigenvalue weighted by atomic mass is 32.1. The van der Waals surface area contributed by atoms with Gasteiger partial charge < -0.3 is 21.3 Å². The molecule has 0 spiro atoms. The Bertz CT molecular complexity index is 1340. The molecule has 0 saturated heterocycles. The number of anilines is 3. The van der Waals surface area contributed by atoms with Crippen LogP contribution in [0.1, 0.15) is 10.4 Å². The van der Waals surface area contributed by atoms with Crippen LogP contribution in [0.15, 0.2) is 54.9 Å². The monoisotopic (exact) mass is 457 g/mol. The molecule has 0 aliphatic rings. The molecule has 166 valence electrons. The van der Waals surface area contributed by atoms with Crippen molar-refractivity contribution in [3.05, 3.63) is 65.3 Å². The molecule has 4 rings (SSSR count). The van der Waals surface area contributed by atoms with Crippen LogP contribution in [-0.4, -0.2) is 41.5 Å². The third kappa shape index (κ3) is 5.09. The molecule has 2 aromatic carbocycles. The number of nitrogen functional groups attached to an aromatic ring is 1. The van der Waals surface area contributed by atoms with Gasteiger partial charge in [-0.2, -0.15) is 5.26 Å². The fraction of sp³-hybridized carbons (Fsp3) is 0.167. The van der Waals surface area contributed by atoms with Gasteiger partial charge in [0.1, 0.15) is 17.0 Å². The number of amides is 2. The zero-order chi connectivity index (χ0) is 23.4. The van der Waals surface area contributed by atoms with E-state index in [2.05, 4.69) is 31.6 Å². The first-order valence-electron chi connectivity index (χ1n) is 10.3. The number of aromatic nitrogens is 2. The lowest BCUT2D eigenvalue weighted by atomic mass is 10.0. The van der Waals surface area contributed by atoms with Gasteiger partial charge in [0.2, 0.25) is 0 Å². The number of rotatable bonds is 6. The molecule has 2 amide bonds. The van der Waals surface area contributed by atoms with Crippen LogP contribution in [0.3, 0.4) is 0 Å². The highest BCUT2D eigenvalue weighted by Gasteiger charge is 2.18. The van der Waals surface area contributed by atoms with Crippen molar-refractivity contribution in [3.63, 3.8) is 0 Å². The van der Waals surface area contributed by atoms with E-state index in [1.807, 2.05) is 38.4 Å². The van der Waals surface area contributed by atoms with Gasteiger partial charge >= 0.3 is 6.03 Å². The van der Waals surface area contributed by atoms with E-state index in [1.165, 1.54) is 11.2 Å². The molecule has 0 fully saturated rings. The van der Waals surface area contributed by atoms with Crippen LogP contribution in [-0.2, 0) is 6.42 Å². The average Bonchev–Trinajstić information content (AvgIpc) is 3.18. The number of carbonyl (C=O) groups is 1. The van der Waals surface area contributed by atoms with Crippen molar-refractivity contribution in [1.82, 2.24) is 14.9 Å². The molecule has 0 radical (unpaired) electrons. The Kier molecular flexibility index (Phi) is 6.49. The van der Waals surface area contributed by atoms with E-state index in [0.717, 1.165) is 34.3 Å². The molecule has 2 heterocycles. The quantitative estimate of drug-likeness (QED) is 0.390. The Morgan fingerprint density at radius 1 is 1.12 bits per heavy atom. The number of thiophene rings is 1. The number of carbonyl (C=O) groups excluding carboxylic acids is 1. The number of nitrogens with two attached hydrogens (primary N) is 1. The van der Waals surface area contributed by atoms with Crippen molar-refractivity contribution in [2.24, 2.45) is 0 Å². The normalized spacial score (nSPS) is 10.8. The molecule has 4 aromatic rings. The van der Waals surface area contributed by atoms with Gasteiger partial charge in [0, 0.05) is 28.4 Å². The zero-order valence-electron chi connectivity index (χ0n) is 18.3. The second kappa shape index (κ2) is 9.65. The molecular formula is C24H23N7OS. The first-order valence-corrected chi connectivity index (χ1v) is 11.1. The number of hydrogen-bond acceptors (Lipinski definition) is 7. The summed E-state index contributed by atoms with van der Waals surface area (Å²) in [4.78, 5) is 25.2. The van der Waals surface area contributed by atoms with Gasteiger partial charge in [-0.05, 0) is 56.4 Å². The number of fused-ring (bicyclic) bond motifs is 1. The highest BCUT2D eigenvalue weighted by molar-refractivity contribution is 7.19. The van der Waals surface area contributed by atoms with Crippen LogP contribution in [0.4, 0.5) is 22.0 Å². The van der Waals surface area contributed by atoms with Crippen LogP contribution in [0.25, 0.3) is 21.3 Å². The number of urea groups is 1. The number of benzene rings is 2. The molecule has 0 unspecified atom stereocenters. The van der Waals surface area contributed by atoms with E-state index in [0.29, 0.717) is 22.8 Å². The SMILES string of the molecule is CN(C)CCc1sc2ncnc(N)c2c1-c1ccc(NC(=O)Nc2cccc(C#N)c2)cc1. The minimum Gasteiger partial charge on any atom is -0.383 e. The number of nitrogens with zero attached hydrogens (tertiary/aromatic N) is 4. The third-order valence-corrected chi connectivity index (χ3v) is 6.22. The van der Waals surface area contributed by atoms with Crippen molar-refractivity contribution < 1.29 is 4.79 Å². The maximum Gasteiger partial charge on any atom is 0.323 e. The maximum absolute atomic E-state index is 12.4. The zero-order valence-corrected chi connectivity index (χ0v) is 19.1. The van der Waals surface area contributed by atoms with Gasteiger partial charge in [-0.1, -0.05) is 18.2 Å². The van der Waals surface area contributed by atoms with E-state index in [1.54, 1.807) is 35.6 Å². The van der Waals surface area contributed by atoms with E-state index < -0.39 is 0 Å². The Morgan fingerprint density at radius 2 is 1.88 bits per heavy atom. The summed E-state index contributed by atoms with van der Waals surface area (Å²) in [5.74, 6) is 0.462. The number of nitriles is 1. The van der Waals surface area contributed by atoms with Gasteiger partial charge in [-0.25, -0.2) is 14.8 Å². The molecule has 4 N–H and O–H groups in total. The summed E-state index contributed by atoms with van der Waals surface area (Å²) in [5, 5.41) is 15.4.